The molecule has 2 rings (SSSR count). The highest BCUT2D eigenvalue weighted by molar-refractivity contribution is 6.01. The molecule has 1 amide bonds. The van der Waals surface area contributed by atoms with Gasteiger partial charge in [0.2, 0.25) is 0 Å². The molecular weight excluding hydrogens is 484 g/mol. The van der Waals surface area contributed by atoms with Gasteiger partial charge in [0.1, 0.15) is 11.6 Å². The van der Waals surface area contributed by atoms with Crippen LogP contribution < -0.4 is 24.3 Å². The summed E-state index contributed by atoms with van der Waals surface area (Å²) < 4.78 is 22.0. The van der Waals surface area contributed by atoms with Crippen LogP contribution in [0.25, 0.3) is 12.2 Å². The van der Waals surface area contributed by atoms with E-state index < -0.39 is 11.9 Å². The van der Waals surface area contributed by atoms with Gasteiger partial charge < -0.3 is 24.3 Å². The van der Waals surface area contributed by atoms with E-state index in [0.29, 0.717) is 36.1 Å². The minimum atomic E-state index is -0.601. The fourth-order valence-electron chi connectivity index (χ4n) is 3.27. The molecule has 0 bridgehead atoms. The van der Waals surface area contributed by atoms with Crippen LogP contribution in [0.4, 0.5) is 0 Å². The van der Waals surface area contributed by atoms with Crippen LogP contribution in [-0.2, 0) is 9.59 Å². The van der Waals surface area contributed by atoms with Crippen LogP contribution >= 0.6 is 0 Å². The molecule has 0 fully saturated rings. The first-order valence-corrected chi connectivity index (χ1v) is 12.6. The van der Waals surface area contributed by atoms with Crippen molar-refractivity contribution in [3.63, 3.8) is 0 Å². The predicted octanol–water partition coefficient (Wildman–Crippen LogP) is 5.57. The first-order chi connectivity index (χ1) is 18.3. The maximum atomic E-state index is 12.5. The lowest BCUT2D eigenvalue weighted by molar-refractivity contribution is -0.129. The molecule has 2 aromatic rings. The minimum Gasteiger partial charge on any atom is -0.493 e. The molecular formula is C30H36N2O6. The second-order valence-corrected chi connectivity index (χ2v) is 8.89. The van der Waals surface area contributed by atoms with E-state index in [1.165, 1.54) is 19.3 Å². The summed E-state index contributed by atoms with van der Waals surface area (Å²) in [5, 5.41) is 12.1. The molecule has 0 atom stereocenters. The monoisotopic (exact) mass is 520 g/mol. The number of carbonyl (C=O) groups is 2. The highest BCUT2D eigenvalue weighted by atomic mass is 16.6. The van der Waals surface area contributed by atoms with E-state index in [0.717, 1.165) is 24.8 Å². The van der Waals surface area contributed by atoms with Gasteiger partial charge in [0.15, 0.2) is 23.0 Å². The SMILES string of the molecule is CCCCNC(=O)/C(C#N)=C/c1ccc(OC(=O)/C=C/c2ccc(OCCC(C)C)c(OC)c2)c(OC)c1. The lowest BCUT2D eigenvalue weighted by Crippen LogP contribution is -2.25. The van der Waals surface area contributed by atoms with Gasteiger partial charge in [-0.25, -0.2) is 4.79 Å². The second kappa shape index (κ2) is 15.8. The largest absolute Gasteiger partial charge is 0.493 e. The summed E-state index contributed by atoms with van der Waals surface area (Å²) in [7, 11) is 3.01. The molecule has 0 saturated heterocycles. The molecule has 1 N–H and O–H groups in total. The van der Waals surface area contributed by atoms with Crippen molar-refractivity contribution in [3.05, 3.63) is 59.2 Å². The molecule has 0 radical (unpaired) electrons. The van der Waals surface area contributed by atoms with E-state index in [-0.39, 0.29) is 17.1 Å². The van der Waals surface area contributed by atoms with Crippen molar-refractivity contribution in [1.29, 1.82) is 5.26 Å². The molecule has 0 heterocycles. The average molecular weight is 521 g/mol. The van der Waals surface area contributed by atoms with Crippen LogP contribution in [0, 0.1) is 17.2 Å². The quantitative estimate of drug-likeness (QED) is 0.114. The van der Waals surface area contributed by atoms with Gasteiger partial charge in [0, 0.05) is 12.6 Å². The van der Waals surface area contributed by atoms with Crippen molar-refractivity contribution in [2.24, 2.45) is 5.92 Å². The lowest BCUT2D eigenvalue weighted by atomic mass is 10.1. The normalized spacial score (nSPS) is 11.2. The fraction of sp³-hybridized carbons (Fsp3) is 0.367. The first kappa shape index (κ1) is 30.0. The smallest absolute Gasteiger partial charge is 0.336 e. The highest BCUT2D eigenvalue weighted by Crippen LogP contribution is 2.30. The second-order valence-electron chi connectivity index (χ2n) is 8.89. The topological polar surface area (TPSA) is 107 Å². The van der Waals surface area contributed by atoms with Crippen LogP contribution in [0.5, 0.6) is 23.0 Å². The number of ether oxygens (including phenoxy) is 4. The Labute approximate surface area is 224 Å². The van der Waals surface area contributed by atoms with E-state index in [1.807, 2.05) is 19.1 Å². The third kappa shape index (κ3) is 9.66. The standard InChI is InChI=1S/C30H36N2O6/c1-6-7-15-32-30(34)24(20-31)17-23-9-12-26(28(19-23)36-5)38-29(33)13-10-22-8-11-25(27(18-22)35-4)37-16-14-21(2)3/h8-13,17-19,21H,6-7,14-16H2,1-5H3,(H,32,34)/b13-10+,24-17+. The Balaban J connectivity index is 2.09. The number of unbranched alkanes of at least 4 members (excludes halogenated alkanes) is 1. The number of methoxy groups -OCH3 is 2. The number of nitriles is 1. The molecule has 202 valence electrons. The van der Waals surface area contributed by atoms with Crippen LogP contribution in [0.15, 0.2) is 48.0 Å². The Hall–Kier alpha value is -4.25. The van der Waals surface area contributed by atoms with Crippen molar-refractivity contribution in [2.45, 2.75) is 40.0 Å². The molecule has 0 saturated carbocycles. The molecule has 8 nitrogen and oxygen atoms in total. The Kier molecular flexibility index (Phi) is 12.4. The van der Waals surface area contributed by atoms with Crippen LogP contribution in [-0.4, -0.2) is 39.2 Å². The number of nitrogens with one attached hydrogen (secondary N) is 1. The van der Waals surface area contributed by atoms with Gasteiger partial charge in [-0.2, -0.15) is 5.26 Å². The van der Waals surface area contributed by atoms with E-state index >= 15 is 0 Å². The third-order valence-corrected chi connectivity index (χ3v) is 5.44. The first-order valence-electron chi connectivity index (χ1n) is 12.6. The number of carbonyl (C=O) groups excluding carboxylic acids is 2. The van der Waals surface area contributed by atoms with Gasteiger partial charge in [-0.05, 0) is 66.3 Å². The lowest BCUT2D eigenvalue weighted by Gasteiger charge is -2.12. The predicted molar refractivity (Wildman–Crippen MR) is 147 cm³/mol. The van der Waals surface area contributed by atoms with Gasteiger partial charge in [0.05, 0.1) is 20.8 Å². The maximum Gasteiger partial charge on any atom is 0.336 e. The van der Waals surface area contributed by atoms with Crippen molar-refractivity contribution in [1.82, 2.24) is 5.32 Å². The summed E-state index contributed by atoms with van der Waals surface area (Å²) in [6, 6.07) is 12.1. The van der Waals surface area contributed by atoms with Crippen LogP contribution in [0.1, 0.15) is 51.2 Å². The van der Waals surface area contributed by atoms with Gasteiger partial charge in [-0.1, -0.05) is 39.3 Å². The van der Waals surface area contributed by atoms with Crippen molar-refractivity contribution < 1.29 is 28.5 Å². The van der Waals surface area contributed by atoms with E-state index in [4.69, 9.17) is 18.9 Å². The van der Waals surface area contributed by atoms with Gasteiger partial charge in [-0.15, -0.1) is 0 Å². The Bertz CT molecular complexity index is 1190. The Morgan fingerprint density at radius 2 is 1.66 bits per heavy atom. The van der Waals surface area contributed by atoms with E-state index in [2.05, 4.69) is 19.2 Å². The molecule has 8 heteroatoms. The number of hydrogen-bond donors (Lipinski definition) is 1. The zero-order valence-corrected chi connectivity index (χ0v) is 22.7. The Morgan fingerprint density at radius 3 is 2.32 bits per heavy atom. The fourth-order valence-corrected chi connectivity index (χ4v) is 3.27. The number of rotatable bonds is 14. The molecule has 0 aromatic heterocycles. The minimum absolute atomic E-state index is 0.0254. The number of esters is 1. The summed E-state index contributed by atoms with van der Waals surface area (Å²) in [5.41, 5.74) is 1.27. The summed E-state index contributed by atoms with van der Waals surface area (Å²) in [6.45, 7) is 7.38. The van der Waals surface area contributed by atoms with E-state index in [9.17, 15) is 14.9 Å². The van der Waals surface area contributed by atoms with E-state index in [1.54, 1.807) is 43.5 Å². The maximum absolute atomic E-state index is 12.5. The van der Waals surface area contributed by atoms with Gasteiger partial charge in [0.25, 0.3) is 5.91 Å². The molecule has 38 heavy (non-hydrogen) atoms. The van der Waals surface area contributed by atoms with Crippen molar-refractivity contribution >= 4 is 24.0 Å². The molecule has 0 unspecified atom stereocenters. The third-order valence-electron chi connectivity index (χ3n) is 5.44. The summed E-state index contributed by atoms with van der Waals surface area (Å²) in [6.07, 6.45) is 7.08. The van der Waals surface area contributed by atoms with Gasteiger partial charge in [-0.3, -0.25) is 4.79 Å². The molecule has 0 spiro atoms. The average Bonchev–Trinajstić information content (AvgIpc) is 2.91. The van der Waals surface area contributed by atoms with Gasteiger partial charge >= 0.3 is 5.97 Å². The summed E-state index contributed by atoms with van der Waals surface area (Å²) >= 11 is 0. The van der Waals surface area contributed by atoms with Crippen LogP contribution in [0.2, 0.25) is 0 Å². The number of hydrogen-bond acceptors (Lipinski definition) is 7. The summed E-state index contributed by atoms with van der Waals surface area (Å²) in [4.78, 5) is 24.7. The Morgan fingerprint density at radius 1 is 1.00 bits per heavy atom. The molecule has 0 aliphatic rings. The molecule has 0 aliphatic heterocycles. The number of benzene rings is 2. The number of nitrogens with zero attached hydrogens (tertiary/aromatic N) is 1. The van der Waals surface area contributed by atoms with Crippen LogP contribution in [0.3, 0.4) is 0 Å². The summed E-state index contributed by atoms with van der Waals surface area (Å²) in [5.74, 6) is 1.21. The van der Waals surface area contributed by atoms with Crippen molar-refractivity contribution in [3.8, 4) is 29.1 Å². The molecule has 2 aromatic carbocycles. The highest BCUT2D eigenvalue weighted by Gasteiger charge is 2.12. The van der Waals surface area contributed by atoms with Crippen molar-refractivity contribution in [2.75, 3.05) is 27.4 Å². The zero-order chi connectivity index (χ0) is 27.9. The zero-order valence-electron chi connectivity index (χ0n) is 22.7. The number of amides is 1. The molecule has 0 aliphatic carbocycles.